The number of carbonyl (C=O) groups is 1. The third kappa shape index (κ3) is 2.58. The number of benzene rings is 1. The van der Waals surface area contributed by atoms with Gasteiger partial charge < -0.3 is 5.11 Å². The Kier molecular flexibility index (Phi) is 3.75. The fourth-order valence-electron chi connectivity index (χ4n) is 1.83. The van der Waals surface area contributed by atoms with Crippen molar-refractivity contribution in [2.45, 2.75) is 12.3 Å². The van der Waals surface area contributed by atoms with Gasteiger partial charge in [-0.2, -0.15) is 5.26 Å². The summed E-state index contributed by atoms with van der Waals surface area (Å²) in [4.78, 5) is 12.1. The average molecular weight is 257 g/mol. The molecule has 0 aliphatic carbocycles. The van der Waals surface area contributed by atoms with Gasteiger partial charge in [0.1, 0.15) is 0 Å². The quantitative estimate of drug-likeness (QED) is 0.914. The maximum absolute atomic E-state index is 11.1. The van der Waals surface area contributed by atoms with Crippen molar-refractivity contribution < 1.29 is 9.90 Å². The number of aromatic carboxylic acids is 1. The van der Waals surface area contributed by atoms with Crippen LogP contribution in [0.1, 0.15) is 26.7 Å². The van der Waals surface area contributed by atoms with Crippen LogP contribution in [0.5, 0.6) is 0 Å². The summed E-state index contributed by atoms with van der Waals surface area (Å²) in [5.41, 5.74) is 0.972. The van der Waals surface area contributed by atoms with Crippen LogP contribution < -0.4 is 0 Å². The molecule has 1 heterocycles. The molecule has 0 aliphatic heterocycles. The Morgan fingerprint density at radius 1 is 1.33 bits per heavy atom. The molecular weight excluding hydrogens is 246 g/mol. The highest BCUT2D eigenvalue weighted by molar-refractivity contribution is 7.10. The molecule has 1 aromatic heterocycles. The van der Waals surface area contributed by atoms with Crippen molar-refractivity contribution in [3.8, 4) is 6.07 Å². The number of nitrogens with zero attached hydrogens (tertiary/aromatic N) is 1. The van der Waals surface area contributed by atoms with E-state index in [4.69, 9.17) is 5.11 Å². The van der Waals surface area contributed by atoms with Crippen LogP contribution >= 0.6 is 11.3 Å². The van der Waals surface area contributed by atoms with Gasteiger partial charge in [-0.05, 0) is 29.5 Å². The first-order valence-electron chi connectivity index (χ1n) is 5.46. The van der Waals surface area contributed by atoms with Gasteiger partial charge in [-0.1, -0.05) is 24.3 Å². The minimum Gasteiger partial charge on any atom is -0.478 e. The Labute approximate surface area is 109 Å². The SMILES string of the molecule is N#CC(Cc1ccccc1C(=O)O)c1cccs1. The van der Waals surface area contributed by atoms with E-state index in [-0.39, 0.29) is 11.5 Å². The second kappa shape index (κ2) is 5.48. The van der Waals surface area contributed by atoms with Crippen LogP contribution in [0.2, 0.25) is 0 Å². The Bertz CT molecular complexity index is 584. The molecule has 2 aromatic rings. The van der Waals surface area contributed by atoms with Crippen molar-refractivity contribution >= 4 is 17.3 Å². The molecule has 1 N–H and O–H groups in total. The fraction of sp³-hybridized carbons (Fsp3) is 0.143. The van der Waals surface area contributed by atoms with E-state index in [0.717, 1.165) is 4.88 Å². The first-order valence-corrected chi connectivity index (χ1v) is 6.34. The van der Waals surface area contributed by atoms with E-state index < -0.39 is 5.97 Å². The Balaban J connectivity index is 2.29. The van der Waals surface area contributed by atoms with E-state index in [1.807, 2.05) is 17.5 Å². The number of nitriles is 1. The molecule has 0 aliphatic rings. The van der Waals surface area contributed by atoms with Crippen molar-refractivity contribution in [1.82, 2.24) is 0 Å². The van der Waals surface area contributed by atoms with Crippen LogP contribution in [0.4, 0.5) is 0 Å². The Morgan fingerprint density at radius 3 is 2.72 bits per heavy atom. The normalized spacial score (nSPS) is 11.7. The van der Waals surface area contributed by atoms with Gasteiger partial charge in [0.2, 0.25) is 0 Å². The van der Waals surface area contributed by atoms with Gasteiger partial charge in [0.15, 0.2) is 0 Å². The number of carboxylic acid groups (broad SMARTS) is 1. The van der Waals surface area contributed by atoms with Crippen LogP contribution in [0.3, 0.4) is 0 Å². The average Bonchev–Trinajstić information content (AvgIpc) is 2.90. The zero-order chi connectivity index (χ0) is 13.0. The molecule has 0 spiro atoms. The number of thiophene rings is 1. The second-order valence-corrected chi connectivity index (χ2v) is 4.84. The maximum atomic E-state index is 11.1. The molecule has 18 heavy (non-hydrogen) atoms. The maximum Gasteiger partial charge on any atom is 0.335 e. The van der Waals surface area contributed by atoms with E-state index in [2.05, 4.69) is 6.07 Å². The molecule has 3 nitrogen and oxygen atoms in total. The largest absolute Gasteiger partial charge is 0.478 e. The summed E-state index contributed by atoms with van der Waals surface area (Å²) in [5.74, 6) is -1.24. The highest BCUT2D eigenvalue weighted by Gasteiger charge is 2.16. The van der Waals surface area contributed by atoms with Crippen LogP contribution in [0.15, 0.2) is 41.8 Å². The lowest BCUT2D eigenvalue weighted by Gasteiger charge is -2.09. The van der Waals surface area contributed by atoms with Crippen LogP contribution in [-0.4, -0.2) is 11.1 Å². The van der Waals surface area contributed by atoms with Gasteiger partial charge in [-0.15, -0.1) is 11.3 Å². The number of hydrogen-bond acceptors (Lipinski definition) is 3. The van der Waals surface area contributed by atoms with Crippen molar-refractivity contribution in [1.29, 1.82) is 5.26 Å². The molecule has 0 saturated heterocycles. The van der Waals surface area contributed by atoms with Crippen molar-refractivity contribution in [3.05, 3.63) is 57.8 Å². The van der Waals surface area contributed by atoms with Gasteiger partial charge in [-0.25, -0.2) is 4.79 Å². The summed E-state index contributed by atoms with van der Waals surface area (Å²) in [5, 5.41) is 20.2. The van der Waals surface area contributed by atoms with Crippen LogP contribution in [0, 0.1) is 11.3 Å². The highest BCUT2D eigenvalue weighted by Crippen LogP contribution is 2.25. The van der Waals surface area contributed by atoms with Crippen LogP contribution in [0.25, 0.3) is 0 Å². The van der Waals surface area contributed by atoms with Gasteiger partial charge in [-0.3, -0.25) is 0 Å². The molecule has 90 valence electrons. The first-order chi connectivity index (χ1) is 8.72. The summed E-state index contributed by atoms with van der Waals surface area (Å²) in [6.07, 6.45) is 0.430. The molecule has 0 amide bonds. The lowest BCUT2D eigenvalue weighted by atomic mass is 9.95. The van der Waals surface area contributed by atoms with Crippen molar-refractivity contribution in [3.63, 3.8) is 0 Å². The third-order valence-corrected chi connectivity index (χ3v) is 3.70. The molecule has 2 rings (SSSR count). The monoisotopic (exact) mass is 257 g/mol. The van der Waals surface area contributed by atoms with E-state index in [0.29, 0.717) is 12.0 Å². The summed E-state index contributed by atoms with van der Waals surface area (Å²) in [7, 11) is 0. The minimum atomic E-state index is -0.950. The Morgan fingerprint density at radius 2 is 2.11 bits per heavy atom. The molecule has 1 unspecified atom stereocenters. The highest BCUT2D eigenvalue weighted by atomic mass is 32.1. The van der Waals surface area contributed by atoms with E-state index in [1.54, 1.807) is 24.3 Å². The number of carboxylic acids is 1. The number of hydrogen-bond donors (Lipinski definition) is 1. The minimum absolute atomic E-state index is 0.273. The van der Waals surface area contributed by atoms with E-state index >= 15 is 0 Å². The lowest BCUT2D eigenvalue weighted by Crippen LogP contribution is -2.06. The smallest absolute Gasteiger partial charge is 0.335 e. The van der Waals surface area contributed by atoms with Crippen LogP contribution in [-0.2, 0) is 6.42 Å². The standard InChI is InChI=1S/C14H11NO2S/c15-9-11(13-6-3-7-18-13)8-10-4-1-2-5-12(10)14(16)17/h1-7,11H,8H2,(H,16,17). The molecular formula is C14H11NO2S. The predicted molar refractivity (Wildman–Crippen MR) is 69.8 cm³/mol. The number of rotatable bonds is 4. The molecule has 0 radical (unpaired) electrons. The molecule has 4 heteroatoms. The summed E-state index contributed by atoms with van der Waals surface area (Å²) in [6.45, 7) is 0. The lowest BCUT2D eigenvalue weighted by molar-refractivity contribution is 0.0695. The van der Waals surface area contributed by atoms with E-state index in [1.165, 1.54) is 11.3 Å². The molecule has 1 aromatic carbocycles. The fourth-order valence-corrected chi connectivity index (χ4v) is 2.60. The van der Waals surface area contributed by atoms with Crippen molar-refractivity contribution in [2.75, 3.05) is 0 Å². The van der Waals surface area contributed by atoms with E-state index in [9.17, 15) is 10.1 Å². The topological polar surface area (TPSA) is 61.1 Å². The summed E-state index contributed by atoms with van der Waals surface area (Å²) in [6, 6.07) is 12.9. The zero-order valence-electron chi connectivity index (χ0n) is 9.54. The molecule has 0 bridgehead atoms. The Hall–Kier alpha value is -2.12. The summed E-state index contributed by atoms with van der Waals surface area (Å²) >= 11 is 1.52. The second-order valence-electron chi connectivity index (χ2n) is 3.86. The molecule has 0 saturated carbocycles. The molecule has 1 atom stereocenters. The van der Waals surface area contributed by atoms with Gasteiger partial charge in [0.25, 0.3) is 0 Å². The predicted octanol–water partition coefficient (Wildman–Crippen LogP) is 3.30. The summed E-state index contributed by atoms with van der Waals surface area (Å²) < 4.78 is 0. The third-order valence-electron chi connectivity index (χ3n) is 2.71. The van der Waals surface area contributed by atoms with Gasteiger partial charge in [0.05, 0.1) is 17.6 Å². The zero-order valence-corrected chi connectivity index (χ0v) is 10.4. The first kappa shape index (κ1) is 12.3. The molecule has 0 fully saturated rings. The van der Waals surface area contributed by atoms with Gasteiger partial charge >= 0.3 is 5.97 Å². The van der Waals surface area contributed by atoms with Crippen molar-refractivity contribution in [2.24, 2.45) is 0 Å². The van der Waals surface area contributed by atoms with Gasteiger partial charge in [0, 0.05) is 4.88 Å².